The first-order chi connectivity index (χ1) is 15.6. The van der Waals surface area contributed by atoms with Crippen molar-refractivity contribution < 1.29 is 22.0 Å². The Morgan fingerprint density at radius 2 is 1.76 bits per heavy atom. The topological polar surface area (TPSA) is 85.0 Å². The molecule has 14 heteroatoms. The van der Waals surface area contributed by atoms with E-state index in [0.717, 1.165) is 11.1 Å². The van der Waals surface area contributed by atoms with Crippen molar-refractivity contribution in [2.24, 2.45) is 12.5 Å². The van der Waals surface area contributed by atoms with E-state index in [9.17, 15) is 26.7 Å². The summed E-state index contributed by atoms with van der Waals surface area (Å²) in [5, 5.41) is 4.05. The van der Waals surface area contributed by atoms with Crippen molar-refractivity contribution >= 4 is 22.7 Å². The number of fused-ring (bicyclic) bond motifs is 1. The second kappa shape index (κ2) is 7.35. The molecule has 2 fully saturated rings. The molecule has 0 amide bonds. The van der Waals surface area contributed by atoms with Crippen LogP contribution in [-0.2, 0) is 19.8 Å². The Hall–Kier alpha value is -3.32. The molecule has 176 valence electrons. The van der Waals surface area contributed by atoms with Gasteiger partial charge in [-0.2, -0.15) is 23.3 Å². The number of nitrogens with zero attached hydrogens (tertiary/aromatic N) is 8. The minimum absolute atomic E-state index is 0.117. The van der Waals surface area contributed by atoms with E-state index in [2.05, 4.69) is 20.1 Å². The highest BCUT2D eigenvalue weighted by atomic mass is 19.4. The van der Waals surface area contributed by atoms with Gasteiger partial charge >= 0.3 is 6.18 Å². The van der Waals surface area contributed by atoms with Crippen LogP contribution in [0, 0.1) is 5.41 Å². The molecule has 0 saturated carbocycles. The van der Waals surface area contributed by atoms with Crippen molar-refractivity contribution in [3.63, 3.8) is 0 Å². The summed E-state index contributed by atoms with van der Waals surface area (Å²) in [4.78, 5) is 27.9. The molecular formula is C19H19F5N8O. The van der Waals surface area contributed by atoms with Gasteiger partial charge in [-0.15, -0.1) is 0 Å². The quantitative estimate of drug-likeness (QED) is 0.539. The average Bonchev–Trinajstić information content (AvgIpc) is 3.34. The Balaban J connectivity index is 1.34. The molecule has 33 heavy (non-hydrogen) atoms. The summed E-state index contributed by atoms with van der Waals surface area (Å²) < 4.78 is 66.2. The molecular weight excluding hydrogens is 451 g/mol. The minimum atomic E-state index is -4.59. The first-order valence-corrected chi connectivity index (χ1v) is 10.2. The largest absolute Gasteiger partial charge is 0.451 e. The van der Waals surface area contributed by atoms with E-state index < -0.39 is 25.0 Å². The summed E-state index contributed by atoms with van der Waals surface area (Å²) in [5.41, 5.74) is 0.133. The SMILES string of the molecule is Cn1c(N2CCC3(CN(c4cnc(C(F)(F)F)nc4)C3)C2)nc2c(cnn2CC(F)F)c1=O. The molecule has 5 rings (SSSR count). The van der Waals surface area contributed by atoms with Gasteiger partial charge in [0.1, 0.15) is 11.9 Å². The van der Waals surface area contributed by atoms with Gasteiger partial charge in [-0.25, -0.2) is 23.4 Å². The predicted octanol–water partition coefficient (Wildman–Crippen LogP) is 1.92. The molecule has 2 saturated heterocycles. The fourth-order valence-electron chi connectivity index (χ4n) is 4.58. The van der Waals surface area contributed by atoms with Crippen LogP contribution in [0.4, 0.5) is 33.6 Å². The number of halogens is 5. The summed E-state index contributed by atoms with van der Waals surface area (Å²) in [6.45, 7) is 1.71. The van der Waals surface area contributed by atoms with Crippen molar-refractivity contribution in [1.82, 2.24) is 29.3 Å². The van der Waals surface area contributed by atoms with E-state index in [4.69, 9.17) is 0 Å². The zero-order valence-corrected chi connectivity index (χ0v) is 17.4. The molecule has 5 heterocycles. The van der Waals surface area contributed by atoms with Gasteiger partial charge in [-0.3, -0.25) is 9.36 Å². The van der Waals surface area contributed by atoms with Crippen LogP contribution in [0.15, 0.2) is 23.4 Å². The highest BCUT2D eigenvalue weighted by molar-refractivity contribution is 5.75. The maximum absolute atomic E-state index is 12.9. The van der Waals surface area contributed by atoms with Crippen molar-refractivity contribution in [1.29, 1.82) is 0 Å². The third-order valence-electron chi connectivity index (χ3n) is 6.19. The summed E-state index contributed by atoms with van der Waals surface area (Å²) in [6.07, 6.45) is -2.85. The van der Waals surface area contributed by atoms with E-state index in [1.807, 2.05) is 9.80 Å². The average molecular weight is 470 g/mol. The van der Waals surface area contributed by atoms with Crippen molar-refractivity contribution in [3.05, 3.63) is 34.8 Å². The van der Waals surface area contributed by atoms with Crippen LogP contribution >= 0.6 is 0 Å². The predicted molar refractivity (Wildman–Crippen MR) is 107 cm³/mol. The summed E-state index contributed by atoms with van der Waals surface area (Å²) >= 11 is 0. The first-order valence-electron chi connectivity index (χ1n) is 10.2. The lowest BCUT2D eigenvalue weighted by atomic mass is 9.79. The Kier molecular flexibility index (Phi) is 4.79. The minimum Gasteiger partial charge on any atom is -0.368 e. The molecule has 0 N–H and O–H groups in total. The van der Waals surface area contributed by atoms with Crippen molar-refractivity contribution in [2.75, 3.05) is 36.0 Å². The molecule has 9 nitrogen and oxygen atoms in total. The zero-order valence-electron chi connectivity index (χ0n) is 17.4. The molecule has 0 bridgehead atoms. The third-order valence-corrected chi connectivity index (χ3v) is 6.19. The third kappa shape index (κ3) is 3.66. The van der Waals surface area contributed by atoms with Gasteiger partial charge in [-0.05, 0) is 6.42 Å². The first kappa shape index (κ1) is 21.5. The molecule has 3 aromatic heterocycles. The molecule has 2 aliphatic heterocycles. The number of hydrogen-bond donors (Lipinski definition) is 0. The van der Waals surface area contributed by atoms with Gasteiger partial charge in [0.15, 0.2) is 5.65 Å². The number of rotatable bonds is 4. The lowest BCUT2D eigenvalue weighted by Gasteiger charge is -2.49. The van der Waals surface area contributed by atoms with Gasteiger partial charge in [0.05, 0.1) is 24.3 Å². The van der Waals surface area contributed by atoms with Gasteiger partial charge in [0.2, 0.25) is 11.8 Å². The van der Waals surface area contributed by atoms with Gasteiger partial charge in [0.25, 0.3) is 12.0 Å². The highest BCUT2D eigenvalue weighted by Crippen LogP contribution is 2.42. The summed E-state index contributed by atoms with van der Waals surface area (Å²) in [5.74, 6) is -0.807. The molecule has 3 aromatic rings. The normalized spacial score (nSPS) is 18.0. The number of anilines is 2. The molecule has 0 aromatic carbocycles. The second-order valence-electron chi connectivity index (χ2n) is 8.52. The van der Waals surface area contributed by atoms with Gasteiger partial charge < -0.3 is 9.80 Å². The molecule has 0 unspecified atom stereocenters. The van der Waals surface area contributed by atoms with Crippen LogP contribution in [0.5, 0.6) is 0 Å². The van der Waals surface area contributed by atoms with Gasteiger partial charge in [-0.1, -0.05) is 0 Å². The van der Waals surface area contributed by atoms with Crippen molar-refractivity contribution in [2.45, 2.75) is 25.6 Å². The van der Waals surface area contributed by atoms with E-state index >= 15 is 0 Å². The number of alkyl halides is 5. The fraction of sp³-hybridized carbons (Fsp3) is 0.526. The van der Waals surface area contributed by atoms with Crippen molar-refractivity contribution in [3.8, 4) is 0 Å². The van der Waals surface area contributed by atoms with Crippen LogP contribution in [0.1, 0.15) is 12.2 Å². The molecule has 0 atom stereocenters. The lowest BCUT2D eigenvalue weighted by Crippen LogP contribution is -2.58. The monoisotopic (exact) mass is 470 g/mol. The Morgan fingerprint density at radius 3 is 2.39 bits per heavy atom. The Bertz CT molecular complexity index is 1250. The molecule has 1 spiro atoms. The maximum atomic E-state index is 12.9. The lowest BCUT2D eigenvalue weighted by molar-refractivity contribution is -0.145. The highest BCUT2D eigenvalue weighted by Gasteiger charge is 2.49. The maximum Gasteiger partial charge on any atom is 0.451 e. The Morgan fingerprint density at radius 1 is 1.09 bits per heavy atom. The summed E-state index contributed by atoms with van der Waals surface area (Å²) in [7, 11) is 1.58. The zero-order chi connectivity index (χ0) is 23.5. The molecule has 0 aliphatic carbocycles. The Labute approximate surface area is 183 Å². The fourth-order valence-corrected chi connectivity index (χ4v) is 4.58. The molecule has 0 radical (unpaired) electrons. The smallest absolute Gasteiger partial charge is 0.368 e. The van der Waals surface area contributed by atoms with Crippen LogP contribution in [0.2, 0.25) is 0 Å². The standard InChI is InChI=1S/C19H19F5N8O/c1-29-15(33)12-6-27-32(7-13(20)21)14(12)28-17(29)30-3-2-18(8-30)9-31(10-18)11-4-25-16(26-5-11)19(22,23)24/h4-6,13H,2-3,7-10H2,1H3. The van der Waals surface area contributed by atoms with Gasteiger partial charge in [0, 0.05) is 38.6 Å². The van der Waals surface area contributed by atoms with E-state index in [1.54, 1.807) is 7.05 Å². The van der Waals surface area contributed by atoms with E-state index in [-0.39, 0.29) is 22.0 Å². The van der Waals surface area contributed by atoms with Crippen LogP contribution in [-0.4, -0.2) is 61.9 Å². The van der Waals surface area contributed by atoms with Crippen LogP contribution in [0.3, 0.4) is 0 Å². The van der Waals surface area contributed by atoms with E-state index in [1.165, 1.54) is 23.2 Å². The van der Waals surface area contributed by atoms with Crippen LogP contribution in [0.25, 0.3) is 11.0 Å². The number of aromatic nitrogens is 6. The van der Waals surface area contributed by atoms with Crippen LogP contribution < -0.4 is 15.4 Å². The summed E-state index contributed by atoms with van der Waals surface area (Å²) in [6, 6.07) is 0. The second-order valence-corrected chi connectivity index (χ2v) is 8.52. The number of hydrogen-bond acceptors (Lipinski definition) is 7. The molecule has 2 aliphatic rings. The van der Waals surface area contributed by atoms with E-state index in [0.29, 0.717) is 37.8 Å².